The van der Waals surface area contributed by atoms with E-state index >= 15 is 0 Å². The van der Waals surface area contributed by atoms with Crippen molar-refractivity contribution >= 4 is 68.8 Å². The van der Waals surface area contributed by atoms with Crippen LogP contribution in [0.15, 0.2) is 81.2 Å². The van der Waals surface area contributed by atoms with Gasteiger partial charge in [0, 0.05) is 28.6 Å². The van der Waals surface area contributed by atoms with E-state index in [1.807, 2.05) is 40.5 Å². The smallest absolute Gasteiger partial charge is 0.433 e. The fourth-order valence-electron chi connectivity index (χ4n) is 4.68. The number of carboxylic acid groups (broad SMARTS) is 1. The molecule has 3 aromatic heterocycles. The highest BCUT2D eigenvalue weighted by Gasteiger charge is 2.53. The van der Waals surface area contributed by atoms with E-state index in [4.69, 9.17) is 15.1 Å². The summed E-state index contributed by atoms with van der Waals surface area (Å²) >= 11 is 2.87. The number of hydrogen-bond acceptors (Lipinski definition) is 13. The lowest BCUT2D eigenvalue weighted by Crippen LogP contribution is -2.71. The number of thioether (sulfide) groups is 1. The van der Waals surface area contributed by atoms with Crippen molar-refractivity contribution in [1.29, 1.82) is 0 Å². The Bertz CT molecular complexity index is 1840. The van der Waals surface area contributed by atoms with Crippen molar-refractivity contribution in [3.05, 3.63) is 82.9 Å². The molecule has 0 radical (unpaired) electrons. The average Bonchev–Trinajstić information content (AvgIpc) is 3.67. The Labute approximate surface area is 256 Å². The van der Waals surface area contributed by atoms with Gasteiger partial charge in [-0.3, -0.25) is 19.3 Å². The third-order valence-corrected chi connectivity index (χ3v) is 8.96. The molecule has 15 nitrogen and oxygen atoms in total. The van der Waals surface area contributed by atoms with E-state index in [9.17, 15) is 24.3 Å². The van der Waals surface area contributed by atoms with Crippen molar-refractivity contribution in [2.45, 2.75) is 24.5 Å². The van der Waals surface area contributed by atoms with Crippen LogP contribution in [-0.2, 0) is 32.3 Å². The highest BCUT2D eigenvalue weighted by molar-refractivity contribution is 8.00. The van der Waals surface area contributed by atoms with Gasteiger partial charge in [0.25, 0.3) is 11.8 Å². The van der Waals surface area contributed by atoms with Gasteiger partial charge in [-0.2, -0.15) is 4.98 Å². The number of fused-ring (bicyclic) bond motifs is 2. The van der Waals surface area contributed by atoms with Gasteiger partial charge in [-0.15, -0.1) is 23.1 Å². The third-order valence-electron chi connectivity index (χ3n) is 6.72. The number of thiophene rings is 1. The third kappa shape index (κ3) is 5.82. The molecule has 1 unspecified atom stereocenters. The molecule has 0 bridgehead atoms. The molecule has 44 heavy (non-hydrogen) atoms. The second-order valence-corrected chi connectivity index (χ2v) is 11.6. The number of nitrogens with two attached hydrogens (primary N) is 1. The van der Waals surface area contributed by atoms with Crippen molar-refractivity contribution in [1.82, 2.24) is 25.7 Å². The lowest BCUT2D eigenvalue weighted by atomic mass is 10.0. The minimum Gasteiger partial charge on any atom is -0.543 e. The summed E-state index contributed by atoms with van der Waals surface area (Å²) in [6.45, 7) is 0.365. The molecule has 2 aliphatic rings. The monoisotopic (exact) mass is 634 g/mol. The van der Waals surface area contributed by atoms with Crippen molar-refractivity contribution in [2.24, 2.45) is 5.16 Å². The maximum absolute atomic E-state index is 13.2. The number of nitrogen functional groups attached to an aromatic ring is 1. The van der Waals surface area contributed by atoms with Crippen LogP contribution in [0.5, 0.6) is 0 Å². The van der Waals surface area contributed by atoms with Crippen LogP contribution in [0.2, 0.25) is 0 Å². The van der Waals surface area contributed by atoms with Crippen molar-refractivity contribution in [3.8, 4) is 0 Å². The van der Waals surface area contributed by atoms with Crippen molar-refractivity contribution in [3.63, 3.8) is 0 Å². The number of amides is 3. The first-order chi connectivity index (χ1) is 21.3. The molecule has 4 aromatic rings. The largest absolute Gasteiger partial charge is 0.543 e. The normalized spacial score (nSPS) is 18.0. The molecule has 1 fully saturated rings. The number of pyridine rings is 1. The predicted octanol–water partition coefficient (Wildman–Crippen LogP) is -0.111. The Morgan fingerprint density at radius 2 is 2.05 bits per heavy atom. The lowest BCUT2D eigenvalue weighted by molar-refractivity contribution is -0.687. The summed E-state index contributed by atoms with van der Waals surface area (Å²) < 4.78 is 7.65. The lowest BCUT2D eigenvalue weighted by Gasteiger charge is -2.50. The molecule has 1 saturated heterocycles. The van der Waals surface area contributed by atoms with Crippen LogP contribution < -0.4 is 26.0 Å². The number of aliphatic carboxylic acids is 1. The summed E-state index contributed by atoms with van der Waals surface area (Å²) in [6, 6.07) is 11.4. The number of nitrogens with zero attached hydrogens (tertiary/aromatic N) is 5. The summed E-state index contributed by atoms with van der Waals surface area (Å²) in [7, 11) is 0. The molecular weight excluding hydrogens is 612 g/mol. The molecule has 0 spiro atoms. The van der Waals surface area contributed by atoms with E-state index in [-0.39, 0.29) is 30.6 Å². The Kier molecular flexibility index (Phi) is 7.95. The number of hydrogen-bond donors (Lipinski definition) is 3. The van der Waals surface area contributed by atoms with E-state index in [1.165, 1.54) is 11.8 Å². The number of anilines is 1. The van der Waals surface area contributed by atoms with E-state index in [0.717, 1.165) is 20.5 Å². The molecule has 224 valence electrons. The molecule has 5 heterocycles. The van der Waals surface area contributed by atoms with Crippen LogP contribution in [0.4, 0.5) is 10.8 Å². The topological polar surface area (TPSA) is 209 Å². The number of benzene rings is 1. The number of nitrogens with one attached hydrogen (secondary N) is 2. The zero-order valence-electron chi connectivity index (χ0n) is 22.5. The first-order valence-electron chi connectivity index (χ1n) is 13.0. The standard InChI is InChI=1S/C27H22N8O7S2/c28-26-31-21(33-41-26)18(32-42-27(40)29-10-14-4-2-1-3-5-14)22(36)30-19-23(37)35-20(25(38)39)16(13-44-24(19)35)12-34-8-6-17-15(11-34)7-9-43-17/h1-9,11,19,24H,10,12-13H2,(H4-,28,29,30,31,33,36,38,39,40)/t19?,24-/m0/s1. The van der Waals surface area contributed by atoms with Crippen LogP contribution in [0.3, 0.4) is 0 Å². The van der Waals surface area contributed by atoms with Gasteiger partial charge in [0.1, 0.15) is 11.4 Å². The van der Waals surface area contributed by atoms with Gasteiger partial charge >= 0.3 is 12.1 Å². The van der Waals surface area contributed by atoms with Crippen LogP contribution in [0.25, 0.3) is 10.1 Å². The first kappa shape index (κ1) is 28.8. The number of carbonyl (C=O) groups is 4. The maximum atomic E-state index is 13.2. The predicted molar refractivity (Wildman–Crippen MR) is 154 cm³/mol. The zero-order valence-corrected chi connectivity index (χ0v) is 24.2. The van der Waals surface area contributed by atoms with E-state index in [0.29, 0.717) is 5.57 Å². The molecule has 0 saturated carbocycles. The minimum absolute atomic E-state index is 0.133. The quantitative estimate of drug-likeness (QED) is 0.0727. The molecular formula is C27H22N8O7S2. The Balaban J connectivity index is 1.16. The number of β-lactam (4-membered cyclic amide) rings is 1. The fourth-order valence-corrected chi connectivity index (χ4v) is 6.78. The van der Waals surface area contributed by atoms with E-state index in [1.54, 1.807) is 35.6 Å². The van der Waals surface area contributed by atoms with Gasteiger partial charge < -0.3 is 30.8 Å². The first-order valence-corrected chi connectivity index (χ1v) is 14.9. The molecule has 4 N–H and O–H groups in total. The SMILES string of the molecule is Nc1nc(C(=NOC(=O)NCc2ccccc2)C(=O)NC2C(=O)N3C(C(=O)[O-])=C(C[n+]4ccc5sccc5c4)CS[C@@H]23)no1. The van der Waals surface area contributed by atoms with Gasteiger partial charge in [-0.05, 0) is 17.0 Å². The molecule has 2 aliphatic heterocycles. The Morgan fingerprint density at radius 1 is 1.23 bits per heavy atom. The van der Waals surface area contributed by atoms with Gasteiger partial charge in [-0.1, -0.05) is 40.6 Å². The summed E-state index contributed by atoms with van der Waals surface area (Å²) in [5.74, 6) is -3.27. The van der Waals surface area contributed by atoms with Gasteiger partial charge in [-0.25, -0.2) is 9.36 Å². The Morgan fingerprint density at radius 3 is 2.80 bits per heavy atom. The second kappa shape index (κ2) is 12.1. The van der Waals surface area contributed by atoms with Crippen molar-refractivity contribution < 1.29 is 38.2 Å². The highest BCUT2D eigenvalue weighted by atomic mass is 32.2. The van der Waals surface area contributed by atoms with E-state index < -0.39 is 46.8 Å². The van der Waals surface area contributed by atoms with Crippen LogP contribution in [-0.4, -0.2) is 61.8 Å². The molecule has 17 heteroatoms. The summed E-state index contributed by atoms with van der Waals surface area (Å²) in [6.07, 6.45) is 2.77. The fraction of sp³-hybridized carbons (Fsp3) is 0.185. The van der Waals surface area contributed by atoms with Gasteiger partial charge in [0.15, 0.2) is 18.9 Å². The molecule has 6 rings (SSSR count). The number of aromatic nitrogens is 3. The molecule has 3 amide bonds. The van der Waals surface area contributed by atoms with E-state index in [2.05, 4.69) is 25.9 Å². The molecule has 0 aliphatic carbocycles. The summed E-state index contributed by atoms with van der Waals surface area (Å²) in [5.41, 5.74) is 5.94. The molecule has 2 atom stereocenters. The number of carboxylic acids is 1. The van der Waals surface area contributed by atoms with Crippen LogP contribution in [0, 0.1) is 0 Å². The number of carbonyl (C=O) groups excluding carboxylic acids is 4. The van der Waals surface area contributed by atoms with Crippen molar-refractivity contribution in [2.75, 3.05) is 11.5 Å². The highest BCUT2D eigenvalue weighted by Crippen LogP contribution is 2.40. The minimum atomic E-state index is -1.50. The zero-order chi connectivity index (χ0) is 30.8. The average molecular weight is 635 g/mol. The number of oxime groups is 1. The number of rotatable bonds is 9. The van der Waals surface area contributed by atoms with Crippen LogP contribution in [0.1, 0.15) is 11.4 Å². The second-order valence-electron chi connectivity index (χ2n) is 9.57. The van der Waals surface area contributed by atoms with Crippen LogP contribution >= 0.6 is 23.1 Å². The molecule has 1 aromatic carbocycles. The summed E-state index contributed by atoms with van der Waals surface area (Å²) in [5, 5.41) is 26.6. The van der Waals surface area contributed by atoms with Gasteiger partial charge in [0.05, 0.1) is 17.1 Å². The maximum Gasteiger partial charge on any atom is 0.433 e. The van der Waals surface area contributed by atoms with Gasteiger partial charge in [0.2, 0.25) is 11.5 Å². The Hall–Kier alpha value is -5.29. The summed E-state index contributed by atoms with van der Waals surface area (Å²) in [4.78, 5) is 60.6.